The Labute approximate surface area is 179 Å². The first-order valence-electron chi connectivity index (χ1n) is 10.5. The predicted molar refractivity (Wildman–Crippen MR) is 119 cm³/mol. The molecule has 1 aliphatic rings. The van der Waals surface area contributed by atoms with Gasteiger partial charge in [-0.2, -0.15) is 4.31 Å². The first kappa shape index (κ1) is 22.3. The molecule has 2 amide bonds. The van der Waals surface area contributed by atoms with Crippen molar-refractivity contribution < 1.29 is 13.2 Å². The summed E-state index contributed by atoms with van der Waals surface area (Å²) >= 11 is 0. The molecule has 6 nitrogen and oxygen atoms in total. The van der Waals surface area contributed by atoms with Crippen LogP contribution in [0.5, 0.6) is 0 Å². The molecule has 0 spiro atoms. The normalized spacial score (nSPS) is 16.1. The fourth-order valence-corrected chi connectivity index (χ4v) is 5.19. The number of carbonyl (C=O) groups is 1. The van der Waals surface area contributed by atoms with Gasteiger partial charge in [0.2, 0.25) is 10.0 Å². The van der Waals surface area contributed by atoms with E-state index in [-0.39, 0.29) is 22.4 Å². The summed E-state index contributed by atoms with van der Waals surface area (Å²) in [7, 11) is -3.48. The summed E-state index contributed by atoms with van der Waals surface area (Å²) in [5.74, 6) is 0. The third kappa shape index (κ3) is 4.84. The van der Waals surface area contributed by atoms with Crippen LogP contribution in [0.15, 0.2) is 59.5 Å². The van der Waals surface area contributed by atoms with Crippen LogP contribution in [0.1, 0.15) is 50.8 Å². The van der Waals surface area contributed by atoms with Crippen molar-refractivity contribution in [3.05, 3.63) is 65.7 Å². The van der Waals surface area contributed by atoms with Gasteiger partial charge in [-0.1, -0.05) is 56.3 Å². The van der Waals surface area contributed by atoms with Crippen molar-refractivity contribution in [3.63, 3.8) is 0 Å². The molecule has 1 fully saturated rings. The lowest BCUT2D eigenvalue weighted by Crippen LogP contribution is -2.40. The number of rotatable bonds is 9. The molecule has 0 heterocycles. The van der Waals surface area contributed by atoms with Crippen molar-refractivity contribution in [1.29, 1.82) is 0 Å². The maximum atomic E-state index is 12.6. The summed E-state index contributed by atoms with van der Waals surface area (Å²) in [5, 5.41) is 5.94. The predicted octanol–water partition coefficient (Wildman–Crippen LogP) is 3.81. The molecule has 1 saturated carbocycles. The van der Waals surface area contributed by atoms with E-state index < -0.39 is 10.0 Å². The van der Waals surface area contributed by atoms with Crippen LogP contribution in [0.25, 0.3) is 0 Å². The van der Waals surface area contributed by atoms with Crippen LogP contribution in [-0.2, 0) is 15.4 Å². The Hall–Kier alpha value is -2.38. The molecule has 3 rings (SSSR count). The molecule has 1 aliphatic carbocycles. The Balaban J connectivity index is 1.57. The number of carbonyl (C=O) groups excluding carboxylic acids is 1. The van der Waals surface area contributed by atoms with E-state index in [1.165, 1.54) is 9.87 Å². The number of hydrogen-bond acceptors (Lipinski definition) is 3. The van der Waals surface area contributed by atoms with Gasteiger partial charge in [0.25, 0.3) is 0 Å². The Kier molecular flexibility index (Phi) is 6.83. The van der Waals surface area contributed by atoms with Crippen molar-refractivity contribution in [1.82, 2.24) is 14.9 Å². The van der Waals surface area contributed by atoms with Crippen LogP contribution >= 0.6 is 0 Å². The molecule has 1 atom stereocenters. The smallest absolute Gasteiger partial charge is 0.315 e. The summed E-state index contributed by atoms with van der Waals surface area (Å²) in [6.07, 6.45) is 2.16. The number of nitrogens with one attached hydrogen (secondary N) is 2. The summed E-state index contributed by atoms with van der Waals surface area (Å²) in [5.41, 5.74) is 2.18. The Morgan fingerprint density at radius 2 is 1.63 bits per heavy atom. The molecular formula is C23H31N3O3S. The Bertz CT molecular complexity index is 951. The lowest BCUT2D eigenvalue weighted by molar-refractivity contribution is 0.237. The van der Waals surface area contributed by atoms with E-state index in [9.17, 15) is 13.2 Å². The van der Waals surface area contributed by atoms with Crippen molar-refractivity contribution in [2.45, 2.75) is 50.0 Å². The number of nitrogens with zero attached hydrogens (tertiary/aromatic N) is 1. The molecule has 7 heteroatoms. The monoisotopic (exact) mass is 429 g/mol. The Morgan fingerprint density at radius 3 is 2.17 bits per heavy atom. The highest BCUT2D eigenvalue weighted by Gasteiger charge is 2.44. The number of hydrogen-bond donors (Lipinski definition) is 2. The molecule has 0 radical (unpaired) electrons. The largest absolute Gasteiger partial charge is 0.337 e. The minimum absolute atomic E-state index is 0.0578. The molecule has 30 heavy (non-hydrogen) atoms. The molecular weight excluding hydrogens is 398 g/mol. The highest BCUT2D eigenvalue weighted by molar-refractivity contribution is 7.89. The first-order valence-corrected chi connectivity index (χ1v) is 12.0. The van der Waals surface area contributed by atoms with Gasteiger partial charge in [0.05, 0.1) is 10.9 Å². The minimum atomic E-state index is -3.48. The van der Waals surface area contributed by atoms with Gasteiger partial charge in [0.1, 0.15) is 0 Å². The summed E-state index contributed by atoms with van der Waals surface area (Å²) in [6.45, 7) is 7.01. The zero-order valence-corrected chi connectivity index (χ0v) is 18.7. The minimum Gasteiger partial charge on any atom is -0.337 e. The highest BCUT2D eigenvalue weighted by atomic mass is 32.2. The van der Waals surface area contributed by atoms with Crippen LogP contribution in [0.3, 0.4) is 0 Å². The van der Waals surface area contributed by atoms with E-state index in [0.717, 1.165) is 18.4 Å². The fraction of sp³-hybridized carbons (Fsp3) is 0.435. The SMILES string of the molecule is CCN(CC)S(=O)(=O)c1ccc(C(C)NC(=O)NCC2(c3ccccc3)CC2)cc1. The van der Waals surface area contributed by atoms with Gasteiger partial charge in [-0.3, -0.25) is 0 Å². The van der Waals surface area contributed by atoms with Crippen molar-refractivity contribution in [2.24, 2.45) is 0 Å². The highest BCUT2D eigenvalue weighted by Crippen LogP contribution is 2.47. The first-order chi connectivity index (χ1) is 14.3. The van der Waals surface area contributed by atoms with Gasteiger partial charge < -0.3 is 10.6 Å². The lowest BCUT2D eigenvalue weighted by Gasteiger charge is -2.20. The summed E-state index contributed by atoms with van der Waals surface area (Å²) in [4.78, 5) is 12.7. The van der Waals surface area contributed by atoms with E-state index in [2.05, 4.69) is 22.8 Å². The van der Waals surface area contributed by atoms with Gasteiger partial charge in [-0.25, -0.2) is 13.2 Å². The second kappa shape index (κ2) is 9.18. The molecule has 2 N–H and O–H groups in total. The zero-order valence-electron chi connectivity index (χ0n) is 17.9. The summed E-state index contributed by atoms with van der Waals surface area (Å²) in [6, 6.07) is 16.6. The molecule has 1 unspecified atom stereocenters. The second-order valence-electron chi connectivity index (χ2n) is 7.85. The van der Waals surface area contributed by atoms with Crippen molar-refractivity contribution >= 4 is 16.1 Å². The third-order valence-electron chi connectivity index (χ3n) is 5.90. The van der Waals surface area contributed by atoms with Gasteiger partial charge >= 0.3 is 6.03 Å². The van der Waals surface area contributed by atoms with E-state index >= 15 is 0 Å². The van der Waals surface area contributed by atoms with Crippen LogP contribution < -0.4 is 10.6 Å². The number of benzene rings is 2. The summed E-state index contributed by atoms with van der Waals surface area (Å²) < 4.78 is 26.6. The topological polar surface area (TPSA) is 78.5 Å². The lowest BCUT2D eigenvalue weighted by atomic mass is 9.96. The third-order valence-corrected chi connectivity index (χ3v) is 7.96. The number of urea groups is 1. The van der Waals surface area contributed by atoms with E-state index in [1.54, 1.807) is 24.3 Å². The quantitative estimate of drug-likeness (QED) is 0.636. The molecule has 0 saturated heterocycles. The van der Waals surface area contributed by atoms with Crippen LogP contribution in [0.4, 0.5) is 4.79 Å². The average molecular weight is 430 g/mol. The second-order valence-corrected chi connectivity index (χ2v) is 9.79. The maximum absolute atomic E-state index is 12.6. The molecule has 2 aromatic carbocycles. The standard InChI is InChI=1S/C23H31N3O3S/c1-4-26(5-2)30(28,29)21-13-11-19(12-14-21)18(3)25-22(27)24-17-23(15-16-23)20-9-7-6-8-10-20/h6-14,18H,4-5,15-17H2,1-3H3,(H2,24,25,27). The van der Waals surface area contributed by atoms with E-state index in [1.807, 2.05) is 39.0 Å². The molecule has 0 bridgehead atoms. The molecule has 0 aromatic heterocycles. The Morgan fingerprint density at radius 1 is 1.03 bits per heavy atom. The fourth-order valence-electron chi connectivity index (χ4n) is 3.73. The van der Waals surface area contributed by atoms with Crippen molar-refractivity contribution in [2.75, 3.05) is 19.6 Å². The van der Waals surface area contributed by atoms with Gasteiger partial charge in [-0.05, 0) is 43.0 Å². The maximum Gasteiger partial charge on any atom is 0.315 e. The van der Waals surface area contributed by atoms with Gasteiger partial charge in [0, 0.05) is 25.0 Å². The molecule has 162 valence electrons. The number of sulfonamides is 1. The molecule has 0 aliphatic heterocycles. The molecule has 2 aromatic rings. The average Bonchev–Trinajstić information content (AvgIpc) is 3.55. The van der Waals surface area contributed by atoms with Gasteiger partial charge in [0.15, 0.2) is 0 Å². The van der Waals surface area contributed by atoms with Crippen LogP contribution in [0.2, 0.25) is 0 Å². The zero-order chi connectivity index (χ0) is 21.8. The van der Waals surface area contributed by atoms with Crippen LogP contribution in [-0.4, -0.2) is 38.4 Å². The van der Waals surface area contributed by atoms with Crippen molar-refractivity contribution in [3.8, 4) is 0 Å². The van der Waals surface area contributed by atoms with Gasteiger partial charge in [-0.15, -0.1) is 0 Å². The number of amides is 2. The van der Waals surface area contributed by atoms with E-state index in [4.69, 9.17) is 0 Å². The van der Waals surface area contributed by atoms with E-state index in [0.29, 0.717) is 19.6 Å². The van der Waals surface area contributed by atoms with Crippen LogP contribution in [0, 0.1) is 0 Å².